The number of hydrogen-bond acceptors (Lipinski definition) is 4. The van der Waals surface area contributed by atoms with E-state index in [1.807, 2.05) is 6.92 Å². The van der Waals surface area contributed by atoms with Gasteiger partial charge in [0.25, 0.3) is 5.91 Å². The van der Waals surface area contributed by atoms with Crippen molar-refractivity contribution in [3.63, 3.8) is 0 Å². The first kappa shape index (κ1) is 12.9. The number of nitrogens with zero attached hydrogens (tertiary/aromatic N) is 1. The summed E-state index contributed by atoms with van der Waals surface area (Å²) < 4.78 is 5.64. The van der Waals surface area contributed by atoms with Gasteiger partial charge in [-0.2, -0.15) is 0 Å². The molecule has 0 saturated carbocycles. The summed E-state index contributed by atoms with van der Waals surface area (Å²) in [7, 11) is 1.58. The van der Waals surface area contributed by atoms with Crippen molar-refractivity contribution in [2.45, 2.75) is 13.0 Å². The van der Waals surface area contributed by atoms with Crippen molar-refractivity contribution in [3.05, 3.63) is 22.3 Å². The van der Waals surface area contributed by atoms with Gasteiger partial charge in [0.1, 0.15) is 5.82 Å². The van der Waals surface area contributed by atoms with Crippen molar-refractivity contribution >= 4 is 27.7 Å². The van der Waals surface area contributed by atoms with Gasteiger partial charge in [-0.3, -0.25) is 4.79 Å². The van der Waals surface area contributed by atoms with Crippen LogP contribution in [-0.4, -0.2) is 30.6 Å². The lowest BCUT2D eigenvalue weighted by Gasteiger charge is -2.13. The Kier molecular flexibility index (Phi) is 4.70. The maximum atomic E-state index is 11.8. The molecule has 0 aliphatic heterocycles. The Morgan fingerprint density at radius 3 is 3.06 bits per heavy atom. The van der Waals surface area contributed by atoms with Crippen molar-refractivity contribution in [2.75, 3.05) is 19.5 Å². The van der Waals surface area contributed by atoms with Crippen LogP contribution in [0.15, 0.2) is 16.7 Å². The summed E-state index contributed by atoms with van der Waals surface area (Å²) in [5.74, 6) is -0.0406. The Bertz CT molecular complexity index is 384. The molecular formula is C10H14BrN3O2. The molecule has 1 aromatic rings. The summed E-state index contributed by atoms with van der Waals surface area (Å²) in [6.45, 7) is 2.30. The molecule has 0 fully saturated rings. The summed E-state index contributed by atoms with van der Waals surface area (Å²) in [5.41, 5.74) is 5.97. The molecule has 1 rings (SSSR count). The molecule has 3 N–H and O–H groups in total. The third-order valence-electron chi connectivity index (χ3n) is 1.92. The predicted molar refractivity (Wildman–Crippen MR) is 65.2 cm³/mol. The maximum absolute atomic E-state index is 11.8. The first-order chi connectivity index (χ1) is 7.54. The van der Waals surface area contributed by atoms with Gasteiger partial charge in [0.15, 0.2) is 0 Å². The Morgan fingerprint density at radius 1 is 1.75 bits per heavy atom. The largest absolute Gasteiger partial charge is 0.383 e. The minimum Gasteiger partial charge on any atom is -0.383 e. The van der Waals surface area contributed by atoms with Crippen LogP contribution in [0.2, 0.25) is 0 Å². The zero-order valence-corrected chi connectivity index (χ0v) is 10.7. The van der Waals surface area contributed by atoms with E-state index in [4.69, 9.17) is 10.5 Å². The smallest absolute Gasteiger partial charge is 0.255 e. The number of amides is 1. The number of rotatable bonds is 4. The highest BCUT2D eigenvalue weighted by Gasteiger charge is 2.13. The highest BCUT2D eigenvalue weighted by Crippen LogP contribution is 2.15. The van der Waals surface area contributed by atoms with Crippen LogP contribution in [0.1, 0.15) is 17.3 Å². The number of hydrogen-bond donors (Lipinski definition) is 2. The highest BCUT2D eigenvalue weighted by atomic mass is 79.9. The van der Waals surface area contributed by atoms with Gasteiger partial charge in [0.2, 0.25) is 0 Å². The molecule has 1 heterocycles. The van der Waals surface area contributed by atoms with E-state index in [2.05, 4.69) is 26.2 Å². The number of halogens is 1. The van der Waals surface area contributed by atoms with E-state index in [0.29, 0.717) is 16.6 Å². The summed E-state index contributed by atoms with van der Waals surface area (Å²) in [6.07, 6.45) is 1.55. The van der Waals surface area contributed by atoms with Crippen LogP contribution in [0, 0.1) is 0 Å². The van der Waals surface area contributed by atoms with E-state index in [1.165, 1.54) is 0 Å². The van der Waals surface area contributed by atoms with Crippen molar-refractivity contribution in [3.8, 4) is 0 Å². The molecule has 88 valence electrons. The number of nitrogen functional groups attached to an aromatic ring is 1. The van der Waals surface area contributed by atoms with Crippen LogP contribution < -0.4 is 11.1 Å². The lowest BCUT2D eigenvalue weighted by Crippen LogP contribution is -2.36. The highest BCUT2D eigenvalue weighted by molar-refractivity contribution is 9.10. The fourth-order valence-electron chi connectivity index (χ4n) is 1.22. The first-order valence-corrected chi connectivity index (χ1v) is 5.54. The van der Waals surface area contributed by atoms with Gasteiger partial charge in [0, 0.05) is 23.8 Å². The fourth-order valence-corrected chi connectivity index (χ4v) is 1.56. The number of pyridine rings is 1. The second kappa shape index (κ2) is 5.81. The number of carbonyl (C=O) groups excluding carboxylic acids is 1. The fraction of sp³-hybridized carbons (Fsp3) is 0.400. The number of nitrogens with one attached hydrogen (secondary N) is 1. The van der Waals surface area contributed by atoms with E-state index in [-0.39, 0.29) is 17.8 Å². The van der Waals surface area contributed by atoms with E-state index in [9.17, 15) is 4.79 Å². The molecule has 0 aliphatic carbocycles. The van der Waals surface area contributed by atoms with Gasteiger partial charge >= 0.3 is 0 Å². The molecule has 0 aromatic carbocycles. The summed E-state index contributed by atoms with van der Waals surface area (Å²) in [6, 6.07) is 1.56. The SMILES string of the molecule is COC[C@H](C)NC(=O)c1cc(Br)cnc1N. The third-order valence-corrected chi connectivity index (χ3v) is 2.36. The van der Waals surface area contributed by atoms with Crippen LogP contribution in [0.25, 0.3) is 0 Å². The number of anilines is 1. The summed E-state index contributed by atoms with van der Waals surface area (Å²) >= 11 is 3.24. The molecule has 16 heavy (non-hydrogen) atoms. The molecule has 0 radical (unpaired) electrons. The molecule has 1 atom stereocenters. The number of aromatic nitrogens is 1. The Hall–Kier alpha value is -1.14. The summed E-state index contributed by atoms with van der Waals surface area (Å²) in [5, 5.41) is 2.76. The molecule has 5 nitrogen and oxygen atoms in total. The lowest BCUT2D eigenvalue weighted by molar-refractivity contribution is 0.0906. The molecule has 0 aliphatic rings. The van der Waals surface area contributed by atoms with E-state index in [1.54, 1.807) is 19.4 Å². The minimum atomic E-state index is -0.254. The van der Waals surface area contributed by atoms with Crippen molar-refractivity contribution in [1.82, 2.24) is 10.3 Å². The van der Waals surface area contributed by atoms with Crippen LogP contribution in [-0.2, 0) is 4.74 Å². The van der Waals surface area contributed by atoms with Crippen LogP contribution in [0.4, 0.5) is 5.82 Å². The number of ether oxygens (including phenoxy) is 1. The lowest BCUT2D eigenvalue weighted by atomic mass is 10.2. The average molecular weight is 288 g/mol. The molecule has 0 unspecified atom stereocenters. The second-order valence-electron chi connectivity index (χ2n) is 3.42. The third kappa shape index (κ3) is 3.46. The average Bonchev–Trinajstić information content (AvgIpc) is 2.21. The number of nitrogens with two attached hydrogens (primary N) is 1. The van der Waals surface area contributed by atoms with Gasteiger partial charge in [-0.25, -0.2) is 4.98 Å². The second-order valence-corrected chi connectivity index (χ2v) is 4.33. The molecule has 6 heteroatoms. The van der Waals surface area contributed by atoms with E-state index < -0.39 is 0 Å². The molecule has 1 amide bonds. The zero-order chi connectivity index (χ0) is 12.1. The van der Waals surface area contributed by atoms with E-state index >= 15 is 0 Å². The van der Waals surface area contributed by atoms with Gasteiger partial charge < -0.3 is 15.8 Å². The van der Waals surface area contributed by atoms with Crippen molar-refractivity contribution in [1.29, 1.82) is 0 Å². The Labute approximate surface area is 103 Å². The molecule has 0 spiro atoms. The van der Waals surface area contributed by atoms with Gasteiger partial charge in [-0.1, -0.05) is 0 Å². The van der Waals surface area contributed by atoms with Crippen molar-refractivity contribution < 1.29 is 9.53 Å². The van der Waals surface area contributed by atoms with Gasteiger partial charge in [0.05, 0.1) is 12.2 Å². The Morgan fingerprint density at radius 2 is 2.44 bits per heavy atom. The zero-order valence-electron chi connectivity index (χ0n) is 9.16. The van der Waals surface area contributed by atoms with Crippen LogP contribution in [0.5, 0.6) is 0 Å². The van der Waals surface area contributed by atoms with Crippen LogP contribution in [0.3, 0.4) is 0 Å². The quantitative estimate of drug-likeness (QED) is 0.872. The predicted octanol–water partition coefficient (Wildman–Crippen LogP) is 1.19. The minimum absolute atomic E-state index is 0.0733. The van der Waals surface area contributed by atoms with Crippen molar-refractivity contribution in [2.24, 2.45) is 0 Å². The normalized spacial score (nSPS) is 12.2. The van der Waals surface area contributed by atoms with Gasteiger partial charge in [-0.05, 0) is 28.9 Å². The molecule has 0 bridgehead atoms. The maximum Gasteiger partial charge on any atom is 0.255 e. The van der Waals surface area contributed by atoms with Crippen LogP contribution >= 0.6 is 15.9 Å². The monoisotopic (exact) mass is 287 g/mol. The summed E-state index contributed by atoms with van der Waals surface area (Å²) in [4.78, 5) is 15.7. The number of carbonyl (C=O) groups is 1. The topological polar surface area (TPSA) is 77.2 Å². The number of methoxy groups -OCH3 is 1. The van der Waals surface area contributed by atoms with Gasteiger partial charge in [-0.15, -0.1) is 0 Å². The molecular weight excluding hydrogens is 274 g/mol. The molecule has 0 saturated heterocycles. The first-order valence-electron chi connectivity index (χ1n) is 4.75. The Balaban J connectivity index is 2.76. The van der Waals surface area contributed by atoms with E-state index in [0.717, 1.165) is 0 Å². The standard InChI is InChI=1S/C10H14BrN3O2/c1-6(5-16-2)14-10(15)8-3-7(11)4-13-9(8)12/h3-4,6H,5H2,1-2H3,(H2,12,13)(H,14,15)/t6-/m0/s1. The molecule has 1 aromatic heterocycles.